The zero-order chi connectivity index (χ0) is 10.4. The first-order chi connectivity index (χ1) is 6.74. The zero-order valence-corrected chi connectivity index (χ0v) is 8.89. The lowest BCUT2D eigenvalue weighted by Gasteiger charge is -2.28. The van der Waals surface area contributed by atoms with Crippen LogP contribution in [0.3, 0.4) is 0 Å². The summed E-state index contributed by atoms with van der Waals surface area (Å²) in [5.41, 5.74) is 0. The Morgan fingerprint density at radius 1 is 1.64 bits per heavy atom. The van der Waals surface area contributed by atoms with E-state index in [4.69, 9.17) is 0 Å². The molecule has 1 fully saturated rings. The van der Waals surface area contributed by atoms with Crippen LogP contribution in [0.4, 0.5) is 0 Å². The number of piperidine rings is 1. The molecule has 0 bridgehead atoms. The van der Waals surface area contributed by atoms with Crippen molar-refractivity contribution in [3.63, 3.8) is 0 Å². The highest BCUT2D eigenvalue weighted by Gasteiger charge is 2.20. The predicted octanol–water partition coefficient (Wildman–Crippen LogP) is 0.514. The van der Waals surface area contributed by atoms with Crippen LogP contribution in [-0.2, 0) is 4.79 Å². The molecule has 1 saturated heterocycles. The Bertz CT molecular complexity index is 246. The van der Waals surface area contributed by atoms with Crippen LogP contribution < -0.4 is 10.6 Å². The van der Waals surface area contributed by atoms with Gasteiger partial charge in [-0.2, -0.15) is 0 Å². The number of rotatable bonds is 2. The van der Waals surface area contributed by atoms with Gasteiger partial charge in [0.1, 0.15) is 0 Å². The molecule has 1 aliphatic heterocycles. The summed E-state index contributed by atoms with van der Waals surface area (Å²) in [7, 11) is 0. The second-order valence-corrected chi connectivity index (χ2v) is 3.74. The van der Waals surface area contributed by atoms with E-state index in [1.54, 1.807) is 6.92 Å². The van der Waals surface area contributed by atoms with Gasteiger partial charge in [0.15, 0.2) is 0 Å². The van der Waals surface area contributed by atoms with Gasteiger partial charge in [-0.05, 0) is 51.6 Å². The minimum absolute atomic E-state index is 0.162. The molecule has 1 aliphatic rings. The van der Waals surface area contributed by atoms with Gasteiger partial charge in [0.05, 0.1) is 0 Å². The highest BCUT2D eigenvalue weighted by molar-refractivity contribution is 5.93. The standard InChI is InChI=1S/C11H18N2O/c1-3-5-11(14)13-9(2)10-6-4-7-12-8-10/h9-10,12H,4,6-8H2,1-2H3,(H,13,14). The molecule has 2 N–H and O–H groups in total. The Morgan fingerprint density at radius 2 is 2.43 bits per heavy atom. The summed E-state index contributed by atoms with van der Waals surface area (Å²) < 4.78 is 0. The van der Waals surface area contributed by atoms with Crippen LogP contribution in [0.25, 0.3) is 0 Å². The minimum Gasteiger partial charge on any atom is -0.342 e. The van der Waals surface area contributed by atoms with E-state index in [-0.39, 0.29) is 11.9 Å². The van der Waals surface area contributed by atoms with Crippen LogP contribution in [0, 0.1) is 17.8 Å². The van der Waals surface area contributed by atoms with Gasteiger partial charge in [-0.25, -0.2) is 0 Å². The van der Waals surface area contributed by atoms with Crippen molar-refractivity contribution in [2.45, 2.75) is 32.7 Å². The molecule has 14 heavy (non-hydrogen) atoms. The zero-order valence-electron chi connectivity index (χ0n) is 8.89. The van der Waals surface area contributed by atoms with E-state index in [1.165, 1.54) is 12.8 Å². The summed E-state index contributed by atoms with van der Waals surface area (Å²) in [6.07, 6.45) is 2.39. The largest absolute Gasteiger partial charge is 0.342 e. The van der Waals surface area contributed by atoms with Crippen LogP contribution in [0.2, 0.25) is 0 Å². The lowest BCUT2D eigenvalue weighted by Crippen LogP contribution is -2.44. The van der Waals surface area contributed by atoms with Crippen LogP contribution in [0.15, 0.2) is 0 Å². The topological polar surface area (TPSA) is 41.1 Å². The molecule has 2 atom stereocenters. The molecule has 0 saturated carbocycles. The fourth-order valence-electron chi connectivity index (χ4n) is 1.78. The van der Waals surface area contributed by atoms with E-state index in [2.05, 4.69) is 22.5 Å². The molecule has 0 aromatic heterocycles. The summed E-state index contributed by atoms with van der Waals surface area (Å²) in [4.78, 5) is 11.2. The lowest BCUT2D eigenvalue weighted by atomic mass is 9.93. The lowest BCUT2D eigenvalue weighted by molar-refractivity contribution is -0.116. The van der Waals surface area contributed by atoms with Gasteiger partial charge in [0, 0.05) is 6.04 Å². The highest BCUT2D eigenvalue weighted by atomic mass is 16.1. The van der Waals surface area contributed by atoms with Crippen molar-refractivity contribution in [2.75, 3.05) is 13.1 Å². The van der Waals surface area contributed by atoms with Crippen LogP contribution >= 0.6 is 0 Å². The van der Waals surface area contributed by atoms with Crippen molar-refractivity contribution >= 4 is 5.91 Å². The maximum Gasteiger partial charge on any atom is 0.296 e. The third kappa shape index (κ3) is 3.39. The normalized spacial score (nSPS) is 23.1. The average Bonchev–Trinajstić information content (AvgIpc) is 2.19. The molecule has 78 valence electrons. The van der Waals surface area contributed by atoms with Gasteiger partial charge in [-0.15, -0.1) is 0 Å². The van der Waals surface area contributed by atoms with E-state index < -0.39 is 0 Å². The Labute approximate surface area is 85.6 Å². The van der Waals surface area contributed by atoms with E-state index in [0.717, 1.165) is 13.1 Å². The van der Waals surface area contributed by atoms with Gasteiger partial charge >= 0.3 is 0 Å². The summed E-state index contributed by atoms with van der Waals surface area (Å²) in [6.45, 7) is 5.83. The highest BCUT2D eigenvalue weighted by Crippen LogP contribution is 2.13. The maximum absolute atomic E-state index is 11.2. The molecule has 3 heteroatoms. The Kier molecular flexibility index (Phi) is 4.48. The number of carbonyl (C=O) groups excluding carboxylic acids is 1. The maximum atomic E-state index is 11.2. The minimum atomic E-state index is -0.162. The second kappa shape index (κ2) is 5.66. The molecule has 2 unspecified atom stereocenters. The third-order valence-corrected chi connectivity index (χ3v) is 2.64. The molecule has 1 rings (SSSR count). The van der Waals surface area contributed by atoms with Gasteiger partial charge in [-0.3, -0.25) is 4.79 Å². The Morgan fingerprint density at radius 3 is 3.00 bits per heavy atom. The molecule has 1 amide bonds. The molecule has 3 nitrogen and oxygen atoms in total. The van der Waals surface area contributed by atoms with Gasteiger partial charge in [-0.1, -0.05) is 5.92 Å². The van der Waals surface area contributed by atoms with Crippen molar-refractivity contribution in [3.05, 3.63) is 0 Å². The van der Waals surface area contributed by atoms with E-state index in [1.807, 2.05) is 6.92 Å². The number of hydrogen-bond donors (Lipinski definition) is 2. The summed E-state index contributed by atoms with van der Waals surface area (Å²) in [5.74, 6) is 5.48. The molecule has 1 heterocycles. The first-order valence-corrected chi connectivity index (χ1v) is 5.18. The van der Waals surface area contributed by atoms with Crippen molar-refractivity contribution in [1.82, 2.24) is 10.6 Å². The Balaban J connectivity index is 2.34. The number of carbonyl (C=O) groups is 1. The SMILES string of the molecule is CC#CC(=O)NC(C)C1CCCNC1. The van der Waals surface area contributed by atoms with Crippen molar-refractivity contribution in [1.29, 1.82) is 0 Å². The fraction of sp³-hybridized carbons (Fsp3) is 0.727. The number of amides is 1. The van der Waals surface area contributed by atoms with Crippen molar-refractivity contribution in [2.24, 2.45) is 5.92 Å². The average molecular weight is 194 g/mol. The fourth-order valence-corrected chi connectivity index (χ4v) is 1.78. The summed E-state index contributed by atoms with van der Waals surface area (Å²) >= 11 is 0. The molecule has 0 radical (unpaired) electrons. The molecule has 0 spiro atoms. The van der Waals surface area contributed by atoms with Gasteiger partial charge in [0.2, 0.25) is 0 Å². The second-order valence-electron chi connectivity index (χ2n) is 3.74. The number of hydrogen-bond acceptors (Lipinski definition) is 2. The first kappa shape index (κ1) is 11.1. The van der Waals surface area contributed by atoms with E-state index in [9.17, 15) is 4.79 Å². The van der Waals surface area contributed by atoms with E-state index >= 15 is 0 Å². The monoisotopic (exact) mass is 194 g/mol. The first-order valence-electron chi connectivity index (χ1n) is 5.18. The van der Waals surface area contributed by atoms with Crippen molar-refractivity contribution in [3.8, 4) is 11.8 Å². The molecule has 0 aliphatic carbocycles. The summed E-state index contributed by atoms with van der Waals surface area (Å²) in [5, 5.41) is 6.23. The summed E-state index contributed by atoms with van der Waals surface area (Å²) in [6, 6.07) is 0.219. The number of nitrogens with one attached hydrogen (secondary N) is 2. The molecular formula is C11H18N2O. The van der Waals surface area contributed by atoms with E-state index in [0.29, 0.717) is 5.92 Å². The molecular weight excluding hydrogens is 176 g/mol. The van der Waals surface area contributed by atoms with Gasteiger partial charge < -0.3 is 10.6 Å². The van der Waals surface area contributed by atoms with Crippen LogP contribution in [0.1, 0.15) is 26.7 Å². The van der Waals surface area contributed by atoms with Crippen LogP contribution in [-0.4, -0.2) is 25.0 Å². The predicted molar refractivity (Wildman–Crippen MR) is 56.6 cm³/mol. The smallest absolute Gasteiger partial charge is 0.296 e. The molecule has 0 aromatic carbocycles. The quantitative estimate of drug-likeness (QED) is 0.629. The molecule has 0 aromatic rings. The van der Waals surface area contributed by atoms with Crippen molar-refractivity contribution < 1.29 is 4.79 Å². The Hall–Kier alpha value is -1.01. The van der Waals surface area contributed by atoms with Crippen LogP contribution in [0.5, 0.6) is 0 Å². The van der Waals surface area contributed by atoms with Gasteiger partial charge in [0.25, 0.3) is 5.91 Å². The third-order valence-electron chi connectivity index (χ3n) is 2.64.